The smallest absolute Gasteiger partial charge is 0.305 e. The number of nitrogens with zero attached hydrogens (tertiary/aromatic N) is 3. The molecule has 0 amide bonds. The molecule has 0 N–H and O–H groups in total. The molecule has 34 heavy (non-hydrogen) atoms. The highest BCUT2D eigenvalue weighted by Gasteiger charge is 2.17. The average molecular weight is 496 g/mol. The molecular formula is C25H22ClN3O4S. The highest BCUT2D eigenvalue weighted by Crippen LogP contribution is 2.28. The molecule has 0 aliphatic rings. The lowest BCUT2D eigenvalue weighted by Gasteiger charge is -2.15. The molecule has 7 nitrogen and oxygen atoms in total. The number of carbonyl (C=O) groups excluding carboxylic acids is 2. The predicted octanol–water partition coefficient (Wildman–Crippen LogP) is 5.37. The number of thioether (sulfide) groups is 1. The molecule has 0 fully saturated rings. The molecule has 0 saturated heterocycles. The van der Waals surface area contributed by atoms with Gasteiger partial charge >= 0.3 is 5.97 Å². The molecule has 2 aromatic carbocycles. The van der Waals surface area contributed by atoms with Gasteiger partial charge in [0, 0.05) is 42.7 Å². The van der Waals surface area contributed by atoms with Crippen molar-refractivity contribution < 1.29 is 19.1 Å². The molecule has 4 rings (SSSR count). The maximum atomic E-state index is 12.7. The predicted molar refractivity (Wildman–Crippen MR) is 132 cm³/mol. The number of ketones is 1. The van der Waals surface area contributed by atoms with E-state index < -0.39 is 12.3 Å². The first-order valence-corrected chi connectivity index (χ1v) is 12.1. The number of benzene rings is 2. The third kappa shape index (κ3) is 5.40. The molecule has 0 bridgehead atoms. The second kappa shape index (κ2) is 10.3. The molecule has 0 aliphatic carbocycles. The lowest BCUT2D eigenvalue weighted by Crippen LogP contribution is -2.20. The van der Waals surface area contributed by atoms with Crippen molar-refractivity contribution in [2.45, 2.75) is 31.8 Å². The summed E-state index contributed by atoms with van der Waals surface area (Å²) in [6.45, 7) is 3.51. The summed E-state index contributed by atoms with van der Waals surface area (Å²) in [6.07, 6.45) is 3.00. The Balaban J connectivity index is 1.57. The fourth-order valence-corrected chi connectivity index (χ4v) is 3.95. The van der Waals surface area contributed by atoms with Crippen molar-refractivity contribution in [2.24, 2.45) is 0 Å². The molecule has 9 heteroatoms. The molecule has 0 aliphatic heterocycles. The molecule has 2 heterocycles. The number of aromatic nitrogens is 3. The number of hydrogen-bond donors (Lipinski definition) is 0. The fourth-order valence-electron chi connectivity index (χ4n) is 3.47. The Labute approximate surface area is 206 Å². The number of halogens is 1. The standard InChI is InChI=1S/C25H22ClN3O4S/c1-15(30)32-16(2)33-24-21-12-13-29(23(21)27-25(28-24)34-3)14-17-4-6-18(7-5-17)22(31)19-8-10-20(26)11-9-19/h4-13,16H,14H2,1-3H3. The minimum Gasteiger partial charge on any atom is -0.437 e. The van der Waals surface area contributed by atoms with E-state index in [1.165, 1.54) is 18.7 Å². The van der Waals surface area contributed by atoms with Crippen LogP contribution in [0.2, 0.25) is 5.02 Å². The van der Waals surface area contributed by atoms with Crippen molar-refractivity contribution in [3.05, 3.63) is 82.5 Å². The molecule has 2 aromatic heterocycles. The zero-order chi connectivity index (χ0) is 24.2. The maximum Gasteiger partial charge on any atom is 0.305 e. The second-order valence-electron chi connectivity index (χ2n) is 7.52. The summed E-state index contributed by atoms with van der Waals surface area (Å²) in [5, 5.41) is 1.85. The average Bonchev–Trinajstić information content (AvgIpc) is 3.22. The SMILES string of the molecule is CSc1nc(OC(C)OC(C)=O)c2ccn(Cc3ccc(C(=O)c4ccc(Cl)cc4)cc3)c2n1. The molecule has 4 aromatic rings. The van der Waals surface area contributed by atoms with E-state index in [2.05, 4.69) is 9.97 Å². The van der Waals surface area contributed by atoms with E-state index in [1.54, 1.807) is 31.2 Å². The van der Waals surface area contributed by atoms with Gasteiger partial charge in [-0.3, -0.25) is 9.59 Å². The lowest BCUT2D eigenvalue weighted by atomic mass is 10.0. The van der Waals surface area contributed by atoms with Crippen LogP contribution in [-0.4, -0.2) is 38.8 Å². The van der Waals surface area contributed by atoms with Gasteiger partial charge in [0.05, 0.1) is 5.39 Å². The zero-order valence-corrected chi connectivity index (χ0v) is 20.4. The van der Waals surface area contributed by atoms with E-state index in [1.807, 2.05) is 47.4 Å². The van der Waals surface area contributed by atoms with Crippen LogP contribution in [0.3, 0.4) is 0 Å². The van der Waals surface area contributed by atoms with Gasteiger partial charge in [-0.15, -0.1) is 0 Å². The van der Waals surface area contributed by atoms with Crippen molar-refractivity contribution in [1.29, 1.82) is 0 Å². The summed E-state index contributed by atoms with van der Waals surface area (Å²) in [5.41, 5.74) is 2.90. The van der Waals surface area contributed by atoms with Crippen LogP contribution < -0.4 is 4.74 Å². The van der Waals surface area contributed by atoms with Gasteiger partial charge in [0.2, 0.25) is 12.2 Å². The van der Waals surface area contributed by atoms with Gasteiger partial charge in [0.1, 0.15) is 5.65 Å². The summed E-state index contributed by atoms with van der Waals surface area (Å²) >= 11 is 7.31. The summed E-state index contributed by atoms with van der Waals surface area (Å²) in [7, 11) is 0. The molecule has 174 valence electrons. The van der Waals surface area contributed by atoms with E-state index in [4.69, 9.17) is 21.1 Å². The minimum atomic E-state index is -0.778. The van der Waals surface area contributed by atoms with Gasteiger partial charge < -0.3 is 14.0 Å². The Morgan fingerprint density at radius 3 is 2.29 bits per heavy atom. The summed E-state index contributed by atoms with van der Waals surface area (Å²) in [6, 6.07) is 16.2. The first kappa shape index (κ1) is 23.8. The van der Waals surface area contributed by atoms with Gasteiger partial charge in [-0.1, -0.05) is 47.6 Å². The minimum absolute atomic E-state index is 0.0596. The summed E-state index contributed by atoms with van der Waals surface area (Å²) in [5.74, 6) is -0.139. The maximum absolute atomic E-state index is 12.7. The van der Waals surface area contributed by atoms with E-state index in [0.717, 1.165) is 5.56 Å². The Morgan fingerprint density at radius 1 is 1.03 bits per heavy atom. The Bertz CT molecular complexity index is 1340. The van der Waals surface area contributed by atoms with Crippen LogP contribution >= 0.6 is 23.4 Å². The quantitative estimate of drug-likeness (QED) is 0.107. The number of rotatable bonds is 8. The van der Waals surface area contributed by atoms with Crippen molar-refractivity contribution in [3.8, 4) is 5.88 Å². The Hall–Kier alpha value is -3.36. The number of ether oxygens (including phenoxy) is 2. The van der Waals surface area contributed by atoms with E-state index >= 15 is 0 Å². The van der Waals surface area contributed by atoms with E-state index in [-0.39, 0.29) is 5.78 Å². The van der Waals surface area contributed by atoms with Gasteiger partial charge in [-0.25, -0.2) is 4.98 Å². The van der Waals surface area contributed by atoms with Crippen molar-refractivity contribution >= 4 is 46.1 Å². The fraction of sp³-hybridized carbons (Fsp3) is 0.200. The van der Waals surface area contributed by atoms with Crippen LogP contribution in [0.15, 0.2) is 66.0 Å². The number of carbonyl (C=O) groups is 2. The largest absolute Gasteiger partial charge is 0.437 e. The summed E-state index contributed by atoms with van der Waals surface area (Å²) in [4.78, 5) is 33.0. The Kier molecular flexibility index (Phi) is 7.19. The van der Waals surface area contributed by atoms with Gasteiger partial charge in [0.15, 0.2) is 10.9 Å². The van der Waals surface area contributed by atoms with Crippen LogP contribution in [0, 0.1) is 0 Å². The third-order valence-corrected chi connectivity index (χ3v) is 5.83. The monoisotopic (exact) mass is 495 g/mol. The molecule has 1 atom stereocenters. The topological polar surface area (TPSA) is 83.3 Å². The third-order valence-electron chi connectivity index (χ3n) is 5.03. The highest BCUT2D eigenvalue weighted by molar-refractivity contribution is 7.98. The van der Waals surface area contributed by atoms with Crippen LogP contribution in [-0.2, 0) is 16.1 Å². The van der Waals surface area contributed by atoms with E-state index in [0.29, 0.717) is 44.8 Å². The van der Waals surface area contributed by atoms with Crippen LogP contribution in [0.4, 0.5) is 0 Å². The molecule has 1 unspecified atom stereocenters. The molecule has 0 spiro atoms. The van der Waals surface area contributed by atoms with Gasteiger partial charge in [-0.05, 0) is 42.2 Å². The Morgan fingerprint density at radius 2 is 1.68 bits per heavy atom. The van der Waals surface area contributed by atoms with Gasteiger partial charge in [0.25, 0.3) is 0 Å². The zero-order valence-electron chi connectivity index (χ0n) is 18.8. The van der Waals surface area contributed by atoms with Gasteiger partial charge in [-0.2, -0.15) is 4.98 Å². The second-order valence-corrected chi connectivity index (χ2v) is 8.73. The molecule has 0 radical (unpaired) electrons. The molecule has 0 saturated carbocycles. The molecular weight excluding hydrogens is 474 g/mol. The van der Waals surface area contributed by atoms with Crippen molar-refractivity contribution in [1.82, 2.24) is 14.5 Å². The first-order valence-electron chi connectivity index (χ1n) is 10.5. The number of esters is 1. The van der Waals surface area contributed by atoms with Crippen LogP contribution in [0.1, 0.15) is 35.3 Å². The van der Waals surface area contributed by atoms with Crippen LogP contribution in [0.25, 0.3) is 11.0 Å². The summed E-state index contributed by atoms with van der Waals surface area (Å²) < 4.78 is 12.8. The number of fused-ring (bicyclic) bond motifs is 1. The van der Waals surface area contributed by atoms with Crippen LogP contribution in [0.5, 0.6) is 5.88 Å². The van der Waals surface area contributed by atoms with Crippen molar-refractivity contribution in [3.63, 3.8) is 0 Å². The lowest BCUT2D eigenvalue weighted by molar-refractivity contribution is -0.158. The first-order chi connectivity index (χ1) is 16.3. The number of hydrogen-bond acceptors (Lipinski definition) is 7. The van der Waals surface area contributed by atoms with E-state index in [9.17, 15) is 9.59 Å². The normalized spacial score (nSPS) is 11.9. The van der Waals surface area contributed by atoms with Crippen molar-refractivity contribution in [2.75, 3.05) is 6.26 Å². The highest BCUT2D eigenvalue weighted by atomic mass is 35.5.